The van der Waals surface area contributed by atoms with Crippen LogP contribution < -0.4 is 15.0 Å². The van der Waals surface area contributed by atoms with Crippen LogP contribution >= 0.6 is 0 Å². The van der Waals surface area contributed by atoms with Crippen LogP contribution in [0.4, 0.5) is 5.69 Å². The van der Waals surface area contributed by atoms with E-state index in [1.165, 1.54) is 0 Å². The monoisotopic (exact) mass is 370 g/mol. The van der Waals surface area contributed by atoms with Gasteiger partial charge in [0, 0.05) is 30.9 Å². The van der Waals surface area contributed by atoms with E-state index in [4.69, 9.17) is 14.6 Å². The average Bonchev–Trinajstić information content (AvgIpc) is 2.71. The van der Waals surface area contributed by atoms with Crippen molar-refractivity contribution in [1.82, 2.24) is 5.32 Å². The molecule has 0 bridgehead atoms. The molecule has 0 aliphatic carbocycles. The number of amides is 1. The van der Waals surface area contributed by atoms with Crippen molar-refractivity contribution >= 4 is 17.6 Å². The summed E-state index contributed by atoms with van der Waals surface area (Å²) in [6.07, 6.45) is 0. The number of rotatable bonds is 7. The van der Waals surface area contributed by atoms with Gasteiger partial charge in [0.15, 0.2) is 6.61 Å². The summed E-state index contributed by atoms with van der Waals surface area (Å²) >= 11 is 0. The van der Waals surface area contributed by atoms with Crippen molar-refractivity contribution in [3.8, 4) is 5.75 Å². The molecule has 1 aliphatic heterocycles. The van der Waals surface area contributed by atoms with E-state index >= 15 is 0 Å². The number of hydrogen-bond acceptors (Lipinski definition) is 5. The zero-order valence-electron chi connectivity index (χ0n) is 14.9. The summed E-state index contributed by atoms with van der Waals surface area (Å²) in [5.41, 5.74) is 2.50. The van der Waals surface area contributed by atoms with Gasteiger partial charge in [0.05, 0.1) is 13.2 Å². The number of carbonyl (C=O) groups excluding carboxylic acids is 1. The van der Waals surface area contributed by atoms with Gasteiger partial charge in [0.1, 0.15) is 5.75 Å². The lowest BCUT2D eigenvalue weighted by Gasteiger charge is -2.28. The fourth-order valence-electron chi connectivity index (χ4n) is 2.82. The van der Waals surface area contributed by atoms with Crippen LogP contribution in [0.1, 0.15) is 15.9 Å². The summed E-state index contributed by atoms with van der Waals surface area (Å²) < 4.78 is 10.5. The van der Waals surface area contributed by atoms with Gasteiger partial charge in [-0.05, 0) is 42.0 Å². The summed E-state index contributed by atoms with van der Waals surface area (Å²) in [5, 5.41) is 11.5. The molecule has 2 aromatic rings. The molecule has 0 aromatic heterocycles. The first-order valence-electron chi connectivity index (χ1n) is 8.76. The van der Waals surface area contributed by atoms with Gasteiger partial charge in [-0.1, -0.05) is 12.1 Å². The van der Waals surface area contributed by atoms with Crippen LogP contribution in [0.3, 0.4) is 0 Å². The molecule has 2 N–H and O–H groups in total. The standard InChI is InChI=1S/C20H22N2O5/c23-19(24)14-27-18-3-1-2-15(12-18)13-21-20(25)16-4-6-17(7-5-16)22-8-10-26-11-9-22/h1-7,12H,8-11,13-14H2,(H,21,25)(H,23,24). The smallest absolute Gasteiger partial charge is 0.341 e. The molecule has 2 aromatic carbocycles. The topological polar surface area (TPSA) is 88.1 Å². The van der Waals surface area contributed by atoms with Crippen molar-refractivity contribution in [3.63, 3.8) is 0 Å². The van der Waals surface area contributed by atoms with Gasteiger partial charge in [0.25, 0.3) is 5.91 Å². The number of hydrogen-bond donors (Lipinski definition) is 2. The molecule has 0 atom stereocenters. The number of ether oxygens (including phenoxy) is 2. The molecule has 7 heteroatoms. The van der Waals surface area contributed by atoms with E-state index in [1.807, 2.05) is 30.3 Å². The highest BCUT2D eigenvalue weighted by molar-refractivity contribution is 5.94. The predicted molar refractivity (Wildman–Crippen MR) is 100 cm³/mol. The number of aliphatic carboxylic acids is 1. The van der Waals surface area contributed by atoms with Gasteiger partial charge in [-0.3, -0.25) is 4.79 Å². The summed E-state index contributed by atoms with van der Waals surface area (Å²) in [5.74, 6) is -0.742. The molecule has 0 unspecified atom stereocenters. The van der Waals surface area contributed by atoms with Crippen molar-refractivity contribution in [3.05, 3.63) is 59.7 Å². The van der Waals surface area contributed by atoms with Crippen molar-refractivity contribution in [1.29, 1.82) is 0 Å². The van der Waals surface area contributed by atoms with Gasteiger partial charge in [-0.2, -0.15) is 0 Å². The average molecular weight is 370 g/mol. The van der Waals surface area contributed by atoms with Crippen LogP contribution in [-0.4, -0.2) is 49.9 Å². The van der Waals surface area contributed by atoms with Gasteiger partial charge >= 0.3 is 5.97 Å². The lowest BCUT2D eigenvalue weighted by Crippen LogP contribution is -2.36. The minimum Gasteiger partial charge on any atom is -0.482 e. The maximum atomic E-state index is 12.4. The maximum absolute atomic E-state index is 12.4. The number of nitrogens with one attached hydrogen (secondary N) is 1. The molecule has 142 valence electrons. The molecule has 27 heavy (non-hydrogen) atoms. The van der Waals surface area contributed by atoms with Crippen molar-refractivity contribution < 1.29 is 24.2 Å². The molecular weight excluding hydrogens is 348 g/mol. The van der Waals surface area contributed by atoms with E-state index < -0.39 is 12.6 Å². The number of carboxylic acid groups (broad SMARTS) is 1. The number of nitrogens with zero attached hydrogens (tertiary/aromatic N) is 1. The fraction of sp³-hybridized carbons (Fsp3) is 0.300. The van der Waals surface area contributed by atoms with Gasteiger partial charge in [0.2, 0.25) is 0 Å². The third-order valence-electron chi connectivity index (χ3n) is 4.22. The predicted octanol–water partition coefficient (Wildman–Crippen LogP) is 1.92. The Labute approximate surface area is 157 Å². The van der Waals surface area contributed by atoms with Gasteiger partial charge in [-0.25, -0.2) is 4.79 Å². The zero-order chi connectivity index (χ0) is 19.1. The molecule has 1 aliphatic rings. The normalized spacial score (nSPS) is 13.9. The Balaban J connectivity index is 1.54. The second-order valence-electron chi connectivity index (χ2n) is 6.16. The summed E-state index contributed by atoms with van der Waals surface area (Å²) in [4.78, 5) is 25.1. The lowest BCUT2D eigenvalue weighted by molar-refractivity contribution is -0.139. The Kier molecular flexibility index (Phi) is 6.27. The van der Waals surface area contributed by atoms with Crippen molar-refractivity contribution in [2.75, 3.05) is 37.8 Å². The number of anilines is 1. The SMILES string of the molecule is O=C(O)COc1cccc(CNC(=O)c2ccc(N3CCOCC3)cc2)c1. The highest BCUT2D eigenvalue weighted by Crippen LogP contribution is 2.17. The third-order valence-corrected chi connectivity index (χ3v) is 4.22. The molecule has 1 amide bonds. The van der Waals surface area contributed by atoms with E-state index in [0.717, 1.165) is 37.6 Å². The number of benzene rings is 2. The number of morpholine rings is 1. The molecule has 0 radical (unpaired) electrons. The minimum absolute atomic E-state index is 0.166. The number of carboxylic acids is 1. The summed E-state index contributed by atoms with van der Waals surface area (Å²) in [6.45, 7) is 3.08. The van der Waals surface area contributed by atoms with E-state index in [0.29, 0.717) is 17.9 Å². The lowest BCUT2D eigenvalue weighted by atomic mass is 10.1. The van der Waals surface area contributed by atoms with Crippen molar-refractivity contribution in [2.24, 2.45) is 0 Å². The van der Waals surface area contributed by atoms with Crippen molar-refractivity contribution in [2.45, 2.75) is 6.54 Å². The third kappa shape index (κ3) is 5.46. The van der Waals surface area contributed by atoms with E-state index in [1.54, 1.807) is 18.2 Å². The first-order chi connectivity index (χ1) is 13.1. The zero-order valence-corrected chi connectivity index (χ0v) is 14.9. The first kappa shape index (κ1) is 18.7. The molecule has 3 rings (SSSR count). The van der Waals surface area contributed by atoms with Crippen LogP contribution in [0.25, 0.3) is 0 Å². The Morgan fingerprint density at radius 1 is 1.11 bits per heavy atom. The van der Waals surface area contributed by atoms with Crippen LogP contribution in [-0.2, 0) is 16.1 Å². The Morgan fingerprint density at radius 2 is 1.85 bits per heavy atom. The van der Waals surface area contributed by atoms with E-state index in [2.05, 4.69) is 10.2 Å². The van der Waals surface area contributed by atoms with Crippen LogP contribution in [0.15, 0.2) is 48.5 Å². The Morgan fingerprint density at radius 3 is 2.56 bits per heavy atom. The summed E-state index contributed by atoms with van der Waals surface area (Å²) in [7, 11) is 0. The van der Waals surface area contributed by atoms with E-state index in [-0.39, 0.29) is 5.91 Å². The molecule has 1 heterocycles. The Hall–Kier alpha value is -3.06. The largest absolute Gasteiger partial charge is 0.482 e. The highest BCUT2D eigenvalue weighted by Gasteiger charge is 2.12. The quantitative estimate of drug-likeness (QED) is 0.774. The first-order valence-corrected chi connectivity index (χ1v) is 8.76. The van der Waals surface area contributed by atoms with Crippen LogP contribution in [0.5, 0.6) is 5.75 Å². The Bertz CT molecular complexity index is 785. The maximum Gasteiger partial charge on any atom is 0.341 e. The van der Waals surface area contributed by atoms with Crippen LogP contribution in [0, 0.1) is 0 Å². The molecular formula is C20H22N2O5. The minimum atomic E-state index is -1.03. The molecule has 7 nitrogen and oxygen atoms in total. The number of carbonyl (C=O) groups is 2. The fourth-order valence-corrected chi connectivity index (χ4v) is 2.82. The highest BCUT2D eigenvalue weighted by atomic mass is 16.5. The second-order valence-corrected chi connectivity index (χ2v) is 6.16. The summed E-state index contributed by atoms with van der Waals surface area (Å²) in [6, 6.07) is 14.5. The van der Waals surface area contributed by atoms with Crippen LogP contribution in [0.2, 0.25) is 0 Å². The second kappa shape index (κ2) is 9.05. The van der Waals surface area contributed by atoms with Gasteiger partial charge < -0.3 is 24.8 Å². The molecule has 1 fully saturated rings. The molecule has 0 spiro atoms. The molecule has 0 saturated carbocycles. The van der Waals surface area contributed by atoms with E-state index in [9.17, 15) is 9.59 Å². The molecule has 1 saturated heterocycles. The van der Waals surface area contributed by atoms with Gasteiger partial charge in [-0.15, -0.1) is 0 Å².